The summed E-state index contributed by atoms with van der Waals surface area (Å²) in [7, 11) is 0. The molecule has 1 amide bonds. The van der Waals surface area contributed by atoms with Crippen LogP contribution in [0.1, 0.15) is 34.6 Å². The molecule has 2 aromatic rings. The summed E-state index contributed by atoms with van der Waals surface area (Å²) in [6.07, 6.45) is 4.62. The van der Waals surface area contributed by atoms with Gasteiger partial charge in [0.15, 0.2) is 0 Å². The van der Waals surface area contributed by atoms with Crippen molar-refractivity contribution in [2.45, 2.75) is 31.9 Å². The van der Waals surface area contributed by atoms with Gasteiger partial charge < -0.3 is 9.64 Å². The number of hydrogen-bond donors (Lipinski definition) is 1. The normalized spacial score (nSPS) is 19.0. The monoisotopic (exact) mass is 465 g/mol. The summed E-state index contributed by atoms with van der Waals surface area (Å²) >= 11 is 12.1. The fourth-order valence-electron chi connectivity index (χ4n) is 3.84. The summed E-state index contributed by atoms with van der Waals surface area (Å²) in [5.74, 6) is -0.0900. The molecule has 4 rings (SSSR count). The first-order valence-electron chi connectivity index (χ1n) is 10.2. The zero-order valence-corrected chi connectivity index (χ0v) is 18.8. The number of aryl methyl sites for hydroxylation is 1. The minimum absolute atomic E-state index is 0.0900. The second kappa shape index (κ2) is 9.77. The van der Waals surface area contributed by atoms with E-state index in [9.17, 15) is 4.79 Å². The molecule has 166 valence electrons. The highest BCUT2D eigenvalue weighted by atomic mass is 35.5. The highest BCUT2D eigenvalue weighted by molar-refractivity contribution is 6.35. The summed E-state index contributed by atoms with van der Waals surface area (Å²) in [5, 5.41) is 3.07. The Balaban J connectivity index is 1.27. The van der Waals surface area contributed by atoms with Crippen molar-refractivity contribution in [2.75, 3.05) is 32.8 Å². The van der Waals surface area contributed by atoms with Gasteiger partial charge in [0.1, 0.15) is 5.69 Å². The van der Waals surface area contributed by atoms with Gasteiger partial charge in [0.25, 0.3) is 5.91 Å². The molecular weight excluding hydrogens is 441 g/mol. The molecule has 2 fully saturated rings. The molecule has 10 heteroatoms. The SMILES string of the molecule is Cc1cnc(C(=O)N2CCC3(CC2)CN(ONCc2ccc(Cl)cc2Cl)CCO3)cn1. The van der Waals surface area contributed by atoms with E-state index in [4.69, 9.17) is 32.9 Å². The number of carbonyl (C=O) groups is 1. The molecule has 0 unspecified atom stereocenters. The highest BCUT2D eigenvalue weighted by Crippen LogP contribution is 2.30. The van der Waals surface area contributed by atoms with Crippen molar-refractivity contribution in [3.05, 3.63) is 57.6 Å². The van der Waals surface area contributed by atoms with Crippen molar-refractivity contribution < 1.29 is 14.5 Å². The van der Waals surface area contributed by atoms with Crippen molar-refractivity contribution in [1.29, 1.82) is 0 Å². The van der Waals surface area contributed by atoms with E-state index in [1.807, 2.05) is 23.0 Å². The first-order valence-corrected chi connectivity index (χ1v) is 11.0. The number of piperidine rings is 1. The Bertz CT molecular complexity index is 920. The molecule has 1 spiro atoms. The van der Waals surface area contributed by atoms with Crippen LogP contribution in [0.15, 0.2) is 30.6 Å². The predicted molar refractivity (Wildman–Crippen MR) is 117 cm³/mol. The van der Waals surface area contributed by atoms with E-state index < -0.39 is 0 Å². The standard InChI is InChI=1S/C21H25Cl2N5O3/c1-15-11-25-19(13-24-15)20(29)27-6-4-21(5-7-27)14-28(8-9-30-21)31-26-12-16-2-3-17(22)10-18(16)23/h2-3,10-11,13,26H,4-9,12,14H2,1H3. The van der Waals surface area contributed by atoms with Crippen molar-refractivity contribution >= 4 is 29.1 Å². The molecule has 31 heavy (non-hydrogen) atoms. The number of benzene rings is 1. The lowest BCUT2D eigenvalue weighted by Gasteiger charge is -2.46. The van der Waals surface area contributed by atoms with Gasteiger partial charge in [-0.25, -0.2) is 9.92 Å². The maximum Gasteiger partial charge on any atom is 0.274 e. The molecule has 1 N–H and O–H groups in total. The lowest BCUT2D eigenvalue weighted by Crippen LogP contribution is -2.58. The summed E-state index contributed by atoms with van der Waals surface area (Å²) in [6.45, 7) is 5.37. The van der Waals surface area contributed by atoms with Gasteiger partial charge in [-0.05, 0) is 37.5 Å². The first-order chi connectivity index (χ1) is 14.9. The maximum absolute atomic E-state index is 12.7. The third kappa shape index (κ3) is 5.52. The largest absolute Gasteiger partial charge is 0.372 e. The molecule has 2 aliphatic rings. The zero-order chi connectivity index (χ0) is 21.8. The van der Waals surface area contributed by atoms with Gasteiger partial charge in [0, 0.05) is 42.4 Å². The van der Waals surface area contributed by atoms with E-state index in [1.165, 1.54) is 6.20 Å². The Kier molecular flexibility index (Phi) is 7.05. The average Bonchev–Trinajstić information content (AvgIpc) is 2.76. The molecule has 0 radical (unpaired) electrons. The topological polar surface area (TPSA) is 79.8 Å². The number of likely N-dealkylation sites (tertiary alicyclic amines) is 1. The lowest BCUT2D eigenvalue weighted by atomic mass is 9.89. The quantitative estimate of drug-likeness (QED) is 0.679. The summed E-state index contributed by atoms with van der Waals surface area (Å²) < 4.78 is 6.13. The molecule has 0 atom stereocenters. The number of rotatable bonds is 5. The number of halogens is 2. The second-order valence-electron chi connectivity index (χ2n) is 7.88. The van der Waals surface area contributed by atoms with Crippen molar-refractivity contribution in [1.82, 2.24) is 25.4 Å². The van der Waals surface area contributed by atoms with Gasteiger partial charge in [-0.1, -0.05) is 29.3 Å². The molecule has 0 bridgehead atoms. The average molecular weight is 466 g/mol. The number of nitrogens with zero attached hydrogens (tertiary/aromatic N) is 4. The minimum atomic E-state index is -0.326. The Morgan fingerprint density at radius 2 is 2.03 bits per heavy atom. The highest BCUT2D eigenvalue weighted by Gasteiger charge is 2.41. The number of ether oxygens (including phenoxy) is 1. The van der Waals surface area contributed by atoms with Crippen LogP contribution >= 0.6 is 23.2 Å². The smallest absolute Gasteiger partial charge is 0.274 e. The molecule has 1 aromatic carbocycles. The van der Waals surface area contributed by atoms with Crippen LogP contribution < -0.4 is 5.48 Å². The molecular formula is C21H25Cl2N5O3. The van der Waals surface area contributed by atoms with E-state index in [2.05, 4.69) is 15.4 Å². The number of hydrogen-bond acceptors (Lipinski definition) is 7. The van der Waals surface area contributed by atoms with Crippen molar-refractivity contribution in [3.8, 4) is 0 Å². The molecule has 2 saturated heterocycles. The summed E-state index contributed by atoms with van der Waals surface area (Å²) in [6, 6.07) is 5.37. The molecule has 1 aromatic heterocycles. The Morgan fingerprint density at radius 3 is 2.74 bits per heavy atom. The fraction of sp³-hybridized carbons (Fsp3) is 0.476. The molecule has 2 aliphatic heterocycles. The lowest BCUT2D eigenvalue weighted by molar-refractivity contribution is -0.277. The maximum atomic E-state index is 12.7. The number of carbonyl (C=O) groups excluding carboxylic acids is 1. The van der Waals surface area contributed by atoms with Crippen LogP contribution in [0.3, 0.4) is 0 Å². The minimum Gasteiger partial charge on any atom is -0.372 e. The third-order valence-electron chi connectivity index (χ3n) is 5.65. The summed E-state index contributed by atoms with van der Waals surface area (Å²) in [5.41, 5.74) is 4.71. The van der Waals surface area contributed by atoms with Gasteiger partial charge in [-0.15, -0.1) is 0 Å². The van der Waals surface area contributed by atoms with Crippen LogP contribution in [-0.4, -0.2) is 64.2 Å². The zero-order valence-electron chi connectivity index (χ0n) is 17.3. The van der Waals surface area contributed by atoms with E-state index >= 15 is 0 Å². The Hall–Kier alpha value is -1.81. The molecule has 3 heterocycles. The number of amides is 1. The Morgan fingerprint density at radius 1 is 1.23 bits per heavy atom. The first kappa shape index (κ1) is 22.4. The fourth-order valence-corrected chi connectivity index (χ4v) is 4.31. The van der Waals surface area contributed by atoms with Gasteiger partial charge >= 0.3 is 0 Å². The second-order valence-corrected chi connectivity index (χ2v) is 8.72. The van der Waals surface area contributed by atoms with Crippen LogP contribution in [0.25, 0.3) is 0 Å². The van der Waals surface area contributed by atoms with Crippen LogP contribution in [0.5, 0.6) is 0 Å². The van der Waals surface area contributed by atoms with E-state index in [0.717, 1.165) is 24.1 Å². The molecule has 0 aliphatic carbocycles. The Labute approximate surface area is 191 Å². The predicted octanol–water partition coefficient (Wildman–Crippen LogP) is 3.04. The van der Waals surface area contributed by atoms with Gasteiger partial charge in [0.2, 0.25) is 0 Å². The van der Waals surface area contributed by atoms with Gasteiger partial charge in [0.05, 0.1) is 30.6 Å². The number of morpholine rings is 1. The van der Waals surface area contributed by atoms with Gasteiger partial charge in [-0.3, -0.25) is 9.78 Å². The third-order valence-corrected chi connectivity index (χ3v) is 6.23. The number of hydroxylamine groups is 3. The van der Waals surface area contributed by atoms with Gasteiger partial charge in [-0.2, -0.15) is 10.5 Å². The van der Waals surface area contributed by atoms with E-state index in [1.54, 1.807) is 18.3 Å². The van der Waals surface area contributed by atoms with Crippen LogP contribution in [0, 0.1) is 6.92 Å². The number of nitrogens with one attached hydrogen (secondary N) is 1. The summed E-state index contributed by atoms with van der Waals surface area (Å²) in [4.78, 5) is 28.6. The molecule has 8 nitrogen and oxygen atoms in total. The van der Waals surface area contributed by atoms with Crippen molar-refractivity contribution in [3.63, 3.8) is 0 Å². The van der Waals surface area contributed by atoms with E-state index in [0.29, 0.717) is 55.1 Å². The van der Waals surface area contributed by atoms with Crippen molar-refractivity contribution in [2.24, 2.45) is 0 Å². The molecule has 0 saturated carbocycles. The van der Waals surface area contributed by atoms with Crippen LogP contribution in [0.4, 0.5) is 0 Å². The van der Waals surface area contributed by atoms with Crippen LogP contribution in [0.2, 0.25) is 10.0 Å². The van der Waals surface area contributed by atoms with Crippen LogP contribution in [-0.2, 0) is 16.2 Å². The van der Waals surface area contributed by atoms with E-state index in [-0.39, 0.29) is 11.5 Å². The number of aromatic nitrogens is 2.